The van der Waals surface area contributed by atoms with Crippen LogP contribution in [0.3, 0.4) is 0 Å². The summed E-state index contributed by atoms with van der Waals surface area (Å²) in [6.45, 7) is 8.40. The normalized spacial score (nSPS) is 19.3. The molecule has 1 amide bonds. The van der Waals surface area contributed by atoms with Crippen molar-refractivity contribution in [2.45, 2.75) is 25.8 Å². The van der Waals surface area contributed by atoms with Crippen molar-refractivity contribution in [2.75, 3.05) is 32.8 Å². The zero-order valence-electron chi connectivity index (χ0n) is 12.3. The Balaban J connectivity index is 1.94. The van der Waals surface area contributed by atoms with Gasteiger partial charge in [0.15, 0.2) is 0 Å². The number of morpholine rings is 1. The number of ether oxygens (including phenoxy) is 1. The molecule has 5 heteroatoms. The highest BCUT2D eigenvalue weighted by molar-refractivity contribution is 5.94. The van der Waals surface area contributed by atoms with Crippen molar-refractivity contribution in [2.24, 2.45) is 0 Å². The summed E-state index contributed by atoms with van der Waals surface area (Å²) < 4.78 is 5.40. The Labute approximate surface area is 120 Å². The van der Waals surface area contributed by atoms with Crippen LogP contribution in [0.15, 0.2) is 24.5 Å². The average Bonchev–Trinajstić information content (AvgIpc) is 2.54. The maximum Gasteiger partial charge on any atom is 0.251 e. The van der Waals surface area contributed by atoms with Crippen molar-refractivity contribution in [3.8, 4) is 0 Å². The molecule has 20 heavy (non-hydrogen) atoms. The largest absolute Gasteiger partial charge is 0.379 e. The third-order valence-electron chi connectivity index (χ3n) is 4.11. The monoisotopic (exact) mass is 277 g/mol. The van der Waals surface area contributed by atoms with E-state index in [1.54, 1.807) is 24.5 Å². The van der Waals surface area contributed by atoms with Gasteiger partial charge < -0.3 is 10.1 Å². The molecule has 5 nitrogen and oxygen atoms in total. The first-order chi connectivity index (χ1) is 9.65. The van der Waals surface area contributed by atoms with Crippen LogP contribution in [0.1, 0.15) is 30.6 Å². The first-order valence-electron chi connectivity index (χ1n) is 7.17. The Morgan fingerprint density at radius 1 is 1.40 bits per heavy atom. The SMILES string of the molecule is CC[C@](C)(CNC(=O)c1ccncc1)N1CCOCC1. The minimum atomic E-state index is -0.0414. The van der Waals surface area contributed by atoms with Crippen molar-refractivity contribution in [3.63, 3.8) is 0 Å². The lowest BCUT2D eigenvalue weighted by atomic mass is 9.95. The average molecular weight is 277 g/mol. The molecule has 0 aromatic carbocycles. The molecule has 0 saturated carbocycles. The zero-order chi connectivity index (χ0) is 14.4. The van der Waals surface area contributed by atoms with Crippen molar-refractivity contribution in [3.05, 3.63) is 30.1 Å². The minimum Gasteiger partial charge on any atom is -0.379 e. The summed E-state index contributed by atoms with van der Waals surface area (Å²) in [6, 6.07) is 3.46. The lowest BCUT2D eigenvalue weighted by molar-refractivity contribution is -0.0169. The molecule has 0 unspecified atom stereocenters. The number of carbonyl (C=O) groups excluding carboxylic acids is 1. The van der Waals surface area contributed by atoms with Crippen LogP contribution >= 0.6 is 0 Å². The summed E-state index contributed by atoms with van der Waals surface area (Å²) in [7, 11) is 0. The van der Waals surface area contributed by atoms with Gasteiger partial charge in [0.25, 0.3) is 5.91 Å². The van der Waals surface area contributed by atoms with Crippen LogP contribution in [0.2, 0.25) is 0 Å². The van der Waals surface area contributed by atoms with Gasteiger partial charge in [-0.2, -0.15) is 0 Å². The molecule has 0 radical (unpaired) electrons. The first-order valence-corrected chi connectivity index (χ1v) is 7.17. The maximum atomic E-state index is 12.1. The number of pyridine rings is 1. The Morgan fingerprint density at radius 2 is 2.05 bits per heavy atom. The predicted octanol–water partition coefficient (Wildman–Crippen LogP) is 1.31. The molecular formula is C15H23N3O2. The predicted molar refractivity (Wildman–Crippen MR) is 77.7 cm³/mol. The number of hydrogen-bond donors (Lipinski definition) is 1. The second kappa shape index (κ2) is 6.81. The summed E-state index contributed by atoms with van der Waals surface area (Å²) in [5.41, 5.74) is 0.632. The number of aromatic nitrogens is 1. The van der Waals surface area contributed by atoms with Crippen molar-refractivity contribution >= 4 is 5.91 Å². The molecule has 1 aliphatic heterocycles. The first kappa shape index (κ1) is 14.9. The van der Waals surface area contributed by atoms with Crippen molar-refractivity contribution in [1.82, 2.24) is 15.2 Å². The highest BCUT2D eigenvalue weighted by atomic mass is 16.5. The van der Waals surface area contributed by atoms with Crippen LogP contribution in [0.4, 0.5) is 0 Å². The van der Waals surface area contributed by atoms with Gasteiger partial charge in [0.1, 0.15) is 0 Å². The van der Waals surface area contributed by atoms with Crippen LogP contribution in [0.25, 0.3) is 0 Å². The van der Waals surface area contributed by atoms with Crippen molar-refractivity contribution in [1.29, 1.82) is 0 Å². The van der Waals surface area contributed by atoms with E-state index in [4.69, 9.17) is 4.74 Å². The van der Waals surface area contributed by atoms with Crippen LogP contribution in [0, 0.1) is 0 Å². The number of rotatable bonds is 5. The molecule has 2 heterocycles. The van der Waals surface area contributed by atoms with Crippen LogP contribution in [-0.4, -0.2) is 54.2 Å². The third-order valence-corrected chi connectivity index (χ3v) is 4.11. The second-order valence-electron chi connectivity index (χ2n) is 5.37. The van der Waals surface area contributed by atoms with Gasteiger partial charge in [0.2, 0.25) is 0 Å². The lowest BCUT2D eigenvalue weighted by Crippen LogP contribution is -2.56. The van der Waals surface area contributed by atoms with Gasteiger partial charge in [-0.25, -0.2) is 0 Å². The topological polar surface area (TPSA) is 54.5 Å². The molecule has 0 bridgehead atoms. The van der Waals surface area contributed by atoms with E-state index in [0.717, 1.165) is 32.7 Å². The van der Waals surface area contributed by atoms with E-state index < -0.39 is 0 Å². The molecule has 1 aliphatic rings. The summed E-state index contributed by atoms with van der Waals surface area (Å²) in [4.78, 5) is 18.4. The molecule has 1 atom stereocenters. The molecule has 2 rings (SSSR count). The van der Waals surface area contributed by atoms with Crippen LogP contribution in [0.5, 0.6) is 0 Å². The Morgan fingerprint density at radius 3 is 2.65 bits per heavy atom. The molecular weight excluding hydrogens is 254 g/mol. The maximum absolute atomic E-state index is 12.1. The zero-order valence-corrected chi connectivity index (χ0v) is 12.3. The summed E-state index contributed by atoms with van der Waals surface area (Å²) in [5, 5.41) is 3.04. The summed E-state index contributed by atoms with van der Waals surface area (Å²) in [6.07, 6.45) is 4.26. The third kappa shape index (κ3) is 3.55. The quantitative estimate of drug-likeness (QED) is 0.882. The highest BCUT2D eigenvalue weighted by Crippen LogP contribution is 2.20. The number of nitrogens with one attached hydrogen (secondary N) is 1. The summed E-state index contributed by atoms with van der Waals surface area (Å²) in [5.74, 6) is -0.0414. The number of nitrogens with zero attached hydrogens (tertiary/aromatic N) is 2. The molecule has 1 N–H and O–H groups in total. The summed E-state index contributed by atoms with van der Waals surface area (Å²) >= 11 is 0. The fourth-order valence-corrected chi connectivity index (χ4v) is 2.44. The van der Waals surface area contributed by atoms with E-state index in [1.807, 2.05) is 0 Å². The lowest BCUT2D eigenvalue weighted by Gasteiger charge is -2.43. The van der Waals surface area contributed by atoms with Crippen molar-refractivity contribution < 1.29 is 9.53 Å². The van der Waals surface area contributed by atoms with E-state index in [1.165, 1.54) is 0 Å². The molecule has 0 spiro atoms. The Kier molecular flexibility index (Phi) is 5.09. The van der Waals surface area contributed by atoms with E-state index in [2.05, 4.69) is 29.0 Å². The van der Waals surface area contributed by atoms with E-state index in [0.29, 0.717) is 12.1 Å². The molecule has 110 valence electrons. The molecule has 1 aromatic heterocycles. The van der Waals surface area contributed by atoms with Gasteiger partial charge in [-0.3, -0.25) is 14.7 Å². The van der Waals surface area contributed by atoms with E-state index in [9.17, 15) is 4.79 Å². The van der Waals surface area contributed by atoms with Crippen LogP contribution < -0.4 is 5.32 Å². The molecule has 1 aromatic rings. The van der Waals surface area contributed by atoms with Gasteiger partial charge in [-0.15, -0.1) is 0 Å². The van der Waals surface area contributed by atoms with E-state index >= 15 is 0 Å². The standard InChI is InChI=1S/C15H23N3O2/c1-3-15(2,18-8-10-20-11-9-18)12-17-14(19)13-4-6-16-7-5-13/h4-7H,3,8-12H2,1-2H3,(H,17,19)/t15-/m1/s1. The van der Waals surface area contributed by atoms with Gasteiger partial charge in [-0.05, 0) is 25.5 Å². The number of amides is 1. The van der Waals surface area contributed by atoms with E-state index in [-0.39, 0.29) is 11.4 Å². The Bertz CT molecular complexity index is 432. The minimum absolute atomic E-state index is 0.0214. The molecule has 0 aliphatic carbocycles. The molecule has 1 fully saturated rings. The highest BCUT2D eigenvalue weighted by Gasteiger charge is 2.31. The second-order valence-corrected chi connectivity index (χ2v) is 5.37. The smallest absolute Gasteiger partial charge is 0.251 e. The fraction of sp³-hybridized carbons (Fsp3) is 0.600. The van der Waals surface area contributed by atoms with Gasteiger partial charge in [-0.1, -0.05) is 6.92 Å². The number of carbonyl (C=O) groups is 1. The van der Waals surface area contributed by atoms with Gasteiger partial charge >= 0.3 is 0 Å². The van der Waals surface area contributed by atoms with Gasteiger partial charge in [0.05, 0.1) is 13.2 Å². The Hall–Kier alpha value is -1.46. The fourth-order valence-electron chi connectivity index (χ4n) is 2.44. The molecule has 1 saturated heterocycles. The van der Waals surface area contributed by atoms with Crippen LogP contribution in [-0.2, 0) is 4.74 Å². The number of hydrogen-bond acceptors (Lipinski definition) is 4. The van der Waals surface area contributed by atoms with Gasteiger partial charge in [0, 0.05) is 43.1 Å².